The lowest BCUT2D eigenvalue weighted by Gasteiger charge is -2.16. The summed E-state index contributed by atoms with van der Waals surface area (Å²) >= 11 is 5.58. The van der Waals surface area contributed by atoms with Crippen molar-refractivity contribution < 1.29 is 18.7 Å². The Hall–Kier alpha value is -1.62. The minimum Gasteiger partial charge on any atom is -0.465 e. The van der Waals surface area contributed by atoms with Gasteiger partial charge in [0.05, 0.1) is 11.6 Å². The standard InChI is InChI=1S/C12H13ClFNO3/c1-3-18-11(16)7-15(2)12(17)8-4-5-10(14)9(13)6-8/h4-6H,3,7H2,1-2H3. The van der Waals surface area contributed by atoms with E-state index in [2.05, 4.69) is 0 Å². The lowest BCUT2D eigenvalue weighted by Crippen LogP contribution is -2.33. The molecule has 0 radical (unpaired) electrons. The van der Waals surface area contributed by atoms with E-state index in [0.29, 0.717) is 0 Å². The van der Waals surface area contributed by atoms with Crippen LogP contribution in [-0.2, 0) is 9.53 Å². The summed E-state index contributed by atoms with van der Waals surface area (Å²) in [5.41, 5.74) is 0.216. The first-order valence-electron chi connectivity index (χ1n) is 5.31. The highest BCUT2D eigenvalue weighted by molar-refractivity contribution is 6.31. The Bertz CT molecular complexity index is 465. The van der Waals surface area contributed by atoms with Crippen molar-refractivity contribution in [1.29, 1.82) is 0 Å². The van der Waals surface area contributed by atoms with E-state index >= 15 is 0 Å². The Kier molecular flexibility index (Phi) is 5.09. The molecule has 0 heterocycles. The maximum atomic E-state index is 12.9. The molecule has 0 atom stereocenters. The first kappa shape index (κ1) is 14.4. The second-order valence-electron chi connectivity index (χ2n) is 3.60. The number of carbonyl (C=O) groups is 2. The van der Waals surface area contributed by atoms with E-state index in [-0.39, 0.29) is 23.7 Å². The SMILES string of the molecule is CCOC(=O)CN(C)C(=O)c1ccc(F)c(Cl)c1. The number of rotatable bonds is 4. The number of benzene rings is 1. The van der Waals surface area contributed by atoms with Gasteiger partial charge in [0.1, 0.15) is 12.4 Å². The molecular weight excluding hydrogens is 261 g/mol. The zero-order valence-corrected chi connectivity index (χ0v) is 10.8. The van der Waals surface area contributed by atoms with Crippen LogP contribution in [0.4, 0.5) is 4.39 Å². The molecular formula is C12H13ClFNO3. The highest BCUT2D eigenvalue weighted by Crippen LogP contribution is 2.16. The van der Waals surface area contributed by atoms with Crippen molar-refractivity contribution in [3.05, 3.63) is 34.6 Å². The molecule has 0 spiro atoms. The lowest BCUT2D eigenvalue weighted by molar-refractivity contribution is -0.143. The number of esters is 1. The van der Waals surface area contributed by atoms with Crippen molar-refractivity contribution in [2.24, 2.45) is 0 Å². The molecule has 0 saturated heterocycles. The number of carbonyl (C=O) groups excluding carboxylic acids is 2. The second kappa shape index (κ2) is 6.35. The topological polar surface area (TPSA) is 46.6 Å². The van der Waals surface area contributed by atoms with Crippen molar-refractivity contribution in [2.75, 3.05) is 20.2 Å². The van der Waals surface area contributed by atoms with Gasteiger partial charge >= 0.3 is 5.97 Å². The van der Waals surface area contributed by atoms with Crippen molar-refractivity contribution in [3.8, 4) is 0 Å². The smallest absolute Gasteiger partial charge is 0.325 e. The van der Waals surface area contributed by atoms with Gasteiger partial charge in [-0.05, 0) is 25.1 Å². The maximum Gasteiger partial charge on any atom is 0.325 e. The van der Waals surface area contributed by atoms with Crippen molar-refractivity contribution in [2.45, 2.75) is 6.92 Å². The van der Waals surface area contributed by atoms with Gasteiger partial charge in [-0.1, -0.05) is 11.6 Å². The first-order valence-corrected chi connectivity index (χ1v) is 5.69. The van der Waals surface area contributed by atoms with Crippen molar-refractivity contribution in [3.63, 3.8) is 0 Å². The summed E-state index contributed by atoms with van der Waals surface area (Å²) in [7, 11) is 1.45. The quantitative estimate of drug-likeness (QED) is 0.790. The van der Waals surface area contributed by atoms with Gasteiger partial charge in [-0.2, -0.15) is 0 Å². The molecule has 0 aliphatic carbocycles. The van der Waals surface area contributed by atoms with Crippen LogP contribution in [0, 0.1) is 5.82 Å². The monoisotopic (exact) mass is 273 g/mol. The van der Waals surface area contributed by atoms with E-state index in [9.17, 15) is 14.0 Å². The average Bonchev–Trinajstić information content (AvgIpc) is 2.32. The highest BCUT2D eigenvalue weighted by atomic mass is 35.5. The van der Waals surface area contributed by atoms with Crippen LogP contribution >= 0.6 is 11.6 Å². The molecule has 1 rings (SSSR count). The minimum absolute atomic E-state index is 0.134. The third kappa shape index (κ3) is 3.70. The van der Waals surface area contributed by atoms with Crippen molar-refractivity contribution in [1.82, 2.24) is 4.90 Å². The van der Waals surface area contributed by atoms with Crippen molar-refractivity contribution >= 4 is 23.5 Å². The van der Waals surface area contributed by atoms with Gasteiger partial charge in [0, 0.05) is 12.6 Å². The van der Waals surface area contributed by atoms with E-state index in [1.54, 1.807) is 6.92 Å². The zero-order chi connectivity index (χ0) is 13.7. The summed E-state index contributed by atoms with van der Waals surface area (Å²) in [6.45, 7) is 1.77. The fourth-order valence-electron chi connectivity index (χ4n) is 1.32. The zero-order valence-electron chi connectivity index (χ0n) is 10.1. The van der Waals surface area contributed by atoms with Gasteiger partial charge in [-0.3, -0.25) is 9.59 Å². The fourth-order valence-corrected chi connectivity index (χ4v) is 1.50. The fraction of sp³-hybridized carbons (Fsp3) is 0.333. The molecule has 18 heavy (non-hydrogen) atoms. The van der Waals surface area contributed by atoms with Crippen LogP contribution in [0.25, 0.3) is 0 Å². The van der Waals surface area contributed by atoms with Crippen LogP contribution in [0.2, 0.25) is 5.02 Å². The number of likely N-dealkylation sites (N-methyl/N-ethyl adjacent to an activating group) is 1. The molecule has 0 unspecified atom stereocenters. The molecule has 0 fully saturated rings. The van der Waals surface area contributed by atoms with Gasteiger partial charge in [-0.15, -0.1) is 0 Å². The van der Waals surface area contributed by atoms with Gasteiger partial charge in [-0.25, -0.2) is 4.39 Å². The molecule has 0 bridgehead atoms. The van der Waals surface area contributed by atoms with E-state index in [1.807, 2.05) is 0 Å². The summed E-state index contributed by atoms with van der Waals surface area (Å²) in [4.78, 5) is 24.3. The predicted molar refractivity (Wildman–Crippen MR) is 65.0 cm³/mol. The second-order valence-corrected chi connectivity index (χ2v) is 4.00. The molecule has 0 aromatic heterocycles. The summed E-state index contributed by atoms with van der Waals surface area (Å²) < 4.78 is 17.7. The first-order chi connectivity index (χ1) is 8.45. The third-order valence-corrected chi connectivity index (χ3v) is 2.47. The molecule has 6 heteroatoms. The normalized spacial score (nSPS) is 10.0. The van der Waals surface area contributed by atoms with E-state index in [4.69, 9.17) is 16.3 Å². The van der Waals surface area contributed by atoms with Gasteiger partial charge in [0.25, 0.3) is 5.91 Å². The Balaban J connectivity index is 2.74. The minimum atomic E-state index is -0.596. The summed E-state index contributed by atoms with van der Waals surface area (Å²) in [6.07, 6.45) is 0. The van der Waals surface area contributed by atoms with Crippen LogP contribution in [0.1, 0.15) is 17.3 Å². The number of hydrogen-bond acceptors (Lipinski definition) is 3. The Morgan fingerprint density at radius 2 is 2.11 bits per heavy atom. The number of nitrogens with zero attached hydrogens (tertiary/aromatic N) is 1. The van der Waals surface area contributed by atoms with E-state index in [0.717, 1.165) is 6.07 Å². The number of amides is 1. The summed E-state index contributed by atoms with van der Waals surface area (Å²) in [5, 5.41) is -0.134. The average molecular weight is 274 g/mol. The molecule has 1 amide bonds. The molecule has 0 N–H and O–H groups in total. The molecule has 0 aliphatic rings. The molecule has 98 valence electrons. The van der Waals surface area contributed by atoms with Gasteiger partial charge in [0.2, 0.25) is 0 Å². The van der Waals surface area contributed by atoms with Gasteiger partial charge < -0.3 is 9.64 Å². The van der Waals surface area contributed by atoms with Gasteiger partial charge in [0.15, 0.2) is 0 Å². The van der Waals surface area contributed by atoms with E-state index in [1.165, 1.54) is 24.1 Å². The predicted octanol–water partition coefficient (Wildman–Crippen LogP) is 2.11. The van der Waals surface area contributed by atoms with Crippen LogP contribution in [0.15, 0.2) is 18.2 Å². The molecule has 0 saturated carbocycles. The Labute approximate surface area is 109 Å². The van der Waals surface area contributed by atoms with Crippen LogP contribution in [0.5, 0.6) is 0 Å². The van der Waals surface area contributed by atoms with Crippen LogP contribution in [0.3, 0.4) is 0 Å². The number of ether oxygens (including phenoxy) is 1. The molecule has 0 aliphatic heterocycles. The maximum absolute atomic E-state index is 12.9. The van der Waals surface area contributed by atoms with Crippen LogP contribution < -0.4 is 0 Å². The number of hydrogen-bond donors (Lipinski definition) is 0. The molecule has 4 nitrogen and oxygen atoms in total. The summed E-state index contributed by atoms with van der Waals surface area (Å²) in [6, 6.07) is 3.64. The Morgan fingerprint density at radius 1 is 1.44 bits per heavy atom. The summed E-state index contributed by atoms with van der Waals surface area (Å²) in [5.74, 6) is -1.52. The lowest BCUT2D eigenvalue weighted by atomic mass is 10.2. The third-order valence-electron chi connectivity index (χ3n) is 2.18. The molecule has 1 aromatic rings. The molecule has 1 aromatic carbocycles. The Morgan fingerprint density at radius 3 is 2.67 bits per heavy atom. The van der Waals surface area contributed by atoms with Crippen LogP contribution in [-0.4, -0.2) is 37.0 Å². The van der Waals surface area contributed by atoms with E-state index < -0.39 is 17.7 Å². The highest BCUT2D eigenvalue weighted by Gasteiger charge is 2.16. The largest absolute Gasteiger partial charge is 0.465 e. The number of halogens is 2.